The lowest BCUT2D eigenvalue weighted by atomic mass is 10.1. The molecule has 3 heterocycles. The number of anilines is 1. The molecule has 0 saturated carbocycles. The Morgan fingerprint density at radius 2 is 1.89 bits per heavy atom. The van der Waals surface area contributed by atoms with E-state index in [9.17, 15) is 4.79 Å². The molecule has 0 aliphatic rings. The van der Waals surface area contributed by atoms with E-state index in [2.05, 4.69) is 31.5 Å². The Bertz CT molecular complexity index is 1060. The third-order valence-electron chi connectivity index (χ3n) is 4.48. The number of benzene rings is 1. The van der Waals surface area contributed by atoms with Crippen LogP contribution in [-0.2, 0) is 24.1 Å². The Labute approximate surface area is 167 Å². The number of unbranched alkanes of at least 4 members (excludes halogenated alkanes) is 1. The van der Waals surface area contributed by atoms with Crippen molar-refractivity contribution in [1.82, 2.24) is 20.2 Å². The molecule has 6 nitrogen and oxygen atoms in total. The molecule has 0 bridgehead atoms. The van der Waals surface area contributed by atoms with Gasteiger partial charge in [0.2, 0.25) is 11.0 Å². The molecule has 1 amide bonds. The fraction of sp³-hybridized carbons (Fsp3) is 0.238. The molecule has 0 aliphatic carbocycles. The molecule has 0 radical (unpaired) electrons. The summed E-state index contributed by atoms with van der Waals surface area (Å²) in [5.74, 6) is -0.0680. The number of pyridine rings is 1. The highest BCUT2D eigenvalue weighted by molar-refractivity contribution is 7.15. The minimum absolute atomic E-state index is 0.0680. The van der Waals surface area contributed by atoms with E-state index in [1.165, 1.54) is 16.9 Å². The first kappa shape index (κ1) is 18.3. The molecule has 0 spiro atoms. The third-order valence-corrected chi connectivity index (χ3v) is 5.38. The zero-order valence-electron chi connectivity index (χ0n) is 15.4. The van der Waals surface area contributed by atoms with Gasteiger partial charge in [0.15, 0.2) is 0 Å². The summed E-state index contributed by atoms with van der Waals surface area (Å²) in [6, 6.07) is 13.9. The van der Waals surface area contributed by atoms with Crippen LogP contribution >= 0.6 is 11.3 Å². The molecule has 0 unspecified atom stereocenters. The molecule has 1 aromatic carbocycles. The molecule has 0 atom stereocenters. The van der Waals surface area contributed by atoms with Gasteiger partial charge in [-0.3, -0.25) is 4.79 Å². The maximum atomic E-state index is 12.1. The van der Waals surface area contributed by atoms with Crippen LogP contribution in [0.4, 0.5) is 5.13 Å². The Balaban J connectivity index is 1.21. The second kappa shape index (κ2) is 8.75. The van der Waals surface area contributed by atoms with E-state index in [-0.39, 0.29) is 5.91 Å². The van der Waals surface area contributed by atoms with Gasteiger partial charge in [-0.25, -0.2) is 4.98 Å². The highest BCUT2D eigenvalue weighted by Crippen LogP contribution is 2.19. The second-order valence-corrected chi connectivity index (χ2v) is 7.74. The lowest BCUT2D eigenvalue weighted by molar-refractivity contribution is -0.115. The number of aromatic nitrogens is 4. The van der Waals surface area contributed by atoms with Gasteiger partial charge in [-0.05, 0) is 42.5 Å². The maximum absolute atomic E-state index is 12.1. The fourth-order valence-electron chi connectivity index (χ4n) is 3.08. The molecule has 4 rings (SSSR count). The van der Waals surface area contributed by atoms with Crippen molar-refractivity contribution < 1.29 is 4.79 Å². The van der Waals surface area contributed by atoms with Crippen LogP contribution in [0.1, 0.15) is 29.0 Å². The molecule has 0 aliphatic heterocycles. The number of carbonyl (C=O) groups excluding carboxylic acids is 1. The monoisotopic (exact) mass is 391 g/mol. The number of nitrogens with zero attached hydrogens (tertiary/aromatic N) is 3. The summed E-state index contributed by atoms with van der Waals surface area (Å²) in [7, 11) is 0. The molecule has 7 heteroatoms. The van der Waals surface area contributed by atoms with Gasteiger partial charge in [0.25, 0.3) is 0 Å². The number of aromatic amines is 1. The highest BCUT2D eigenvalue weighted by atomic mass is 32.1. The van der Waals surface area contributed by atoms with Crippen molar-refractivity contribution in [2.45, 2.75) is 32.1 Å². The Hall–Kier alpha value is -3.06. The highest BCUT2D eigenvalue weighted by Gasteiger charge is 2.09. The van der Waals surface area contributed by atoms with Crippen LogP contribution in [0, 0.1) is 0 Å². The number of carbonyl (C=O) groups is 1. The van der Waals surface area contributed by atoms with Crippen LogP contribution in [0.5, 0.6) is 0 Å². The SMILES string of the molecule is O=C(Cc1ccccc1)Nc1nnc(CCCCc2cnc3[nH]ccc3c2)s1. The van der Waals surface area contributed by atoms with E-state index in [1.807, 2.05) is 48.8 Å². The number of fused-ring (bicyclic) bond motifs is 1. The van der Waals surface area contributed by atoms with E-state index in [0.29, 0.717) is 11.6 Å². The molecular formula is C21H21N5OS. The molecular weight excluding hydrogens is 370 g/mol. The first-order chi connectivity index (χ1) is 13.8. The summed E-state index contributed by atoms with van der Waals surface area (Å²) in [5.41, 5.74) is 3.16. The van der Waals surface area contributed by atoms with Crippen LogP contribution in [0.15, 0.2) is 54.9 Å². The smallest absolute Gasteiger partial charge is 0.230 e. The Morgan fingerprint density at radius 1 is 1.04 bits per heavy atom. The molecule has 3 aromatic heterocycles. The van der Waals surface area contributed by atoms with E-state index < -0.39 is 0 Å². The van der Waals surface area contributed by atoms with Crippen molar-refractivity contribution in [2.75, 3.05) is 5.32 Å². The van der Waals surface area contributed by atoms with Crippen molar-refractivity contribution in [1.29, 1.82) is 0 Å². The Morgan fingerprint density at radius 3 is 2.79 bits per heavy atom. The van der Waals surface area contributed by atoms with E-state index >= 15 is 0 Å². The predicted octanol–water partition coefficient (Wildman–Crippen LogP) is 4.16. The summed E-state index contributed by atoms with van der Waals surface area (Å²) in [5, 5.41) is 13.8. The predicted molar refractivity (Wildman–Crippen MR) is 111 cm³/mol. The zero-order valence-corrected chi connectivity index (χ0v) is 16.2. The summed E-state index contributed by atoms with van der Waals surface area (Å²) in [4.78, 5) is 19.6. The minimum atomic E-state index is -0.0680. The molecule has 142 valence electrons. The summed E-state index contributed by atoms with van der Waals surface area (Å²) in [6.45, 7) is 0. The Kier molecular flexibility index (Phi) is 5.72. The summed E-state index contributed by atoms with van der Waals surface area (Å²) >= 11 is 1.45. The molecule has 0 fully saturated rings. The number of aryl methyl sites for hydroxylation is 2. The van der Waals surface area contributed by atoms with E-state index in [0.717, 1.165) is 47.3 Å². The van der Waals surface area contributed by atoms with Crippen LogP contribution in [0.2, 0.25) is 0 Å². The lowest BCUT2D eigenvalue weighted by Gasteiger charge is -2.01. The quantitative estimate of drug-likeness (QED) is 0.442. The fourth-order valence-corrected chi connectivity index (χ4v) is 3.88. The maximum Gasteiger partial charge on any atom is 0.230 e. The van der Waals surface area contributed by atoms with Gasteiger partial charge in [0.05, 0.1) is 6.42 Å². The largest absolute Gasteiger partial charge is 0.346 e. The molecule has 4 aromatic rings. The third kappa shape index (κ3) is 4.80. The number of nitrogens with one attached hydrogen (secondary N) is 2. The summed E-state index contributed by atoms with van der Waals surface area (Å²) in [6.07, 6.45) is 8.14. The normalized spacial score (nSPS) is 11.0. The standard InChI is InChI=1S/C21H21N5OS/c27-18(13-15-6-2-1-3-7-15)24-21-26-25-19(28-21)9-5-4-8-16-12-17-10-11-22-20(17)23-14-16/h1-3,6-7,10-12,14H,4-5,8-9,13H2,(H,22,23)(H,24,26,27). The molecule has 2 N–H and O–H groups in total. The van der Waals surface area contributed by atoms with Gasteiger partial charge < -0.3 is 10.3 Å². The number of hydrogen-bond donors (Lipinski definition) is 2. The number of H-pyrrole nitrogens is 1. The lowest BCUT2D eigenvalue weighted by Crippen LogP contribution is -2.14. The zero-order chi connectivity index (χ0) is 19.2. The molecule has 28 heavy (non-hydrogen) atoms. The number of hydrogen-bond acceptors (Lipinski definition) is 5. The first-order valence-corrected chi connectivity index (χ1v) is 10.2. The number of rotatable bonds is 8. The van der Waals surface area contributed by atoms with Gasteiger partial charge in [0, 0.05) is 24.2 Å². The van der Waals surface area contributed by atoms with Crippen molar-refractivity contribution >= 4 is 33.4 Å². The average Bonchev–Trinajstić information content (AvgIpc) is 3.35. The van der Waals surface area contributed by atoms with Gasteiger partial charge in [0.1, 0.15) is 10.7 Å². The number of amides is 1. The van der Waals surface area contributed by atoms with Crippen LogP contribution in [-0.4, -0.2) is 26.1 Å². The van der Waals surface area contributed by atoms with Crippen LogP contribution < -0.4 is 5.32 Å². The second-order valence-electron chi connectivity index (χ2n) is 6.68. The minimum Gasteiger partial charge on any atom is -0.346 e. The van der Waals surface area contributed by atoms with E-state index in [4.69, 9.17) is 0 Å². The van der Waals surface area contributed by atoms with Crippen molar-refractivity contribution in [2.24, 2.45) is 0 Å². The van der Waals surface area contributed by atoms with Crippen molar-refractivity contribution in [3.05, 3.63) is 71.0 Å². The van der Waals surface area contributed by atoms with Gasteiger partial charge in [-0.2, -0.15) is 0 Å². The average molecular weight is 391 g/mol. The van der Waals surface area contributed by atoms with Gasteiger partial charge in [-0.1, -0.05) is 41.7 Å². The first-order valence-electron chi connectivity index (χ1n) is 9.34. The van der Waals surface area contributed by atoms with Crippen molar-refractivity contribution in [3.8, 4) is 0 Å². The van der Waals surface area contributed by atoms with Crippen LogP contribution in [0.25, 0.3) is 11.0 Å². The van der Waals surface area contributed by atoms with Gasteiger partial charge in [-0.15, -0.1) is 10.2 Å². The van der Waals surface area contributed by atoms with E-state index in [1.54, 1.807) is 0 Å². The molecule has 0 saturated heterocycles. The van der Waals surface area contributed by atoms with Gasteiger partial charge >= 0.3 is 0 Å². The van der Waals surface area contributed by atoms with Crippen LogP contribution in [0.3, 0.4) is 0 Å². The summed E-state index contributed by atoms with van der Waals surface area (Å²) < 4.78 is 0. The topological polar surface area (TPSA) is 83.6 Å². The van der Waals surface area contributed by atoms with Crippen molar-refractivity contribution in [3.63, 3.8) is 0 Å².